The van der Waals surface area contributed by atoms with Crippen LogP contribution in [0.25, 0.3) is 11.0 Å². The predicted octanol–water partition coefficient (Wildman–Crippen LogP) is 3.37. The summed E-state index contributed by atoms with van der Waals surface area (Å²) in [6.07, 6.45) is 7.25. The molecule has 126 valence electrons. The maximum atomic E-state index is 4.42. The van der Waals surface area contributed by atoms with Gasteiger partial charge in [0.2, 0.25) is 0 Å². The van der Waals surface area contributed by atoms with Crippen molar-refractivity contribution in [3.05, 3.63) is 54.1 Å². The monoisotopic (exact) mass is 351 g/mol. The highest BCUT2D eigenvalue weighted by atomic mass is 32.2. The lowest BCUT2D eigenvalue weighted by molar-refractivity contribution is 0.687. The van der Waals surface area contributed by atoms with E-state index < -0.39 is 0 Å². The van der Waals surface area contributed by atoms with Crippen molar-refractivity contribution in [1.82, 2.24) is 29.9 Å². The number of aromatic amines is 1. The van der Waals surface area contributed by atoms with E-state index in [1.165, 1.54) is 17.5 Å². The summed E-state index contributed by atoms with van der Waals surface area (Å²) in [5.74, 6) is 0.720. The van der Waals surface area contributed by atoms with Gasteiger partial charge in [-0.05, 0) is 18.7 Å². The summed E-state index contributed by atoms with van der Waals surface area (Å²) < 4.78 is 1.90. The number of nitrogens with zero attached hydrogens (tertiary/aromatic N) is 5. The molecule has 2 N–H and O–H groups in total. The maximum Gasteiger partial charge on any atom is 0.161 e. The van der Waals surface area contributed by atoms with Crippen LogP contribution >= 0.6 is 11.8 Å². The lowest BCUT2D eigenvalue weighted by Crippen LogP contribution is -2.00. The number of H-pyrrole nitrogens is 1. The van der Waals surface area contributed by atoms with Crippen molar-refractivity contribution in [3.8, 4) is 0 Å². The van der Waals surface area contributed by atoms with E-state index in [1.807, 2.05) is 17.1 Å². The molecule has 1 aromatic carbocycles. The van der Waals surface area contributed by atoms with Gasteiger partial charge in [-0.25, -0.2) is 9.97 Å². The van der Waals surface area contributed by atoms with Crippen LogP contribution in [0.4, 0.5) is 11.5 Å². The van der Waals surface area contributed by atoms with Crippen LogP contribution in [0.2, 0.25) is 0 Å². The standard InChI is InChI=1S/C17H17N7S/c1-11-3-5-12(6-4-11)8-24-9-13(7-20-24)21-15-14-16(19-10-18-15)22-23-17(14)25-2/h3-7,9-10H,8H2,1-2H3,(H2,18,19,21,22,23). The number of aromatic nitrogens is 6. The van der Waals surface area contributed by atoms with Crippen LogP contribution in [0, 0.1) is 6.92 Å². The topological polar surface area (TPSA) is 84.3 Å². The second-order valence-electron chi connectivity index (χ2n) is 5.72. The first-order valence-electron chi connectivity index (χ1n) is 7.81. The van der Waals surface area contributed by atoms with Gasteiger partial charge in [-0.3, -0.25) is 9.78 Å². The minimum Gasteiger partial charge on any atom is -0.337 e. The van der Waals surface area contributed by atoms with Gasteiger partial charge in [-0.15, -0.1) is 11.8 Å². The molecule has 0 spiro atoms. The summed E-state index contributed by atoms with van der Waals surface area (Å²) in [4.78, 5) is 8.57. The van der Waals surface area contributed by atoms with Gasteiger partial charge >= 0.3 is 0 Å². The van der Waals surface area contributed by atoms with E-state index in [2.05, 4.69) is 61.8 Å². The van der Waals surface area contributed by atoms with Crippen molar-refractivity contribution < 1.29 is 0 Å². The summed E-state index contributed by atoms with van der Waals surface area (Å²) in [5.41, 5.74) is 4.06. The number of thioether (sulfide) groups is 1. The highest BCUT2D eigenvalue weighted by Crippen LogP contribution is 2.29. The van der Waals surface area contributed by atoms with E-state index in [1.54, 1.807) is 18.0 Å². The van der Waals surface area contributed by atoms with E-state index in [0.717, 1.165) is 28.5 Å². The van der Waals surface area contributed by atoms with Gasteiger partial charge in [0.15, 0.2) is 5.65 Å². The highest BCUT2D eigenvalue weighted by molar-refractivity contribution is 7.98. The molecule has 8 heteroatoms. The van der Waals surface area contributed by atoms with Crippen LogP contribution in [0.1, 0.15) is 11.1 Å². The fraction of sp³-hybridized carbons (Fsp3) is 0.176. The van der Waals surface area contributed by atoms with Crippen molar-refractivity contribution in [1.29, 1.82) is 0 Å². The molecule has 0 aliphatic carbocycles. The summed E-state index contributed by atoms with van der Waals surface area (Å²) in [5, 5.41) is 16.7. The lowest BCUT2D eigenvalue weighted by Gasteiger charge is -2.04. The second-order valence-corrected chi connectivity index (χ2v) is 6.51. The number of benzene rings is 1. The van der Waals surface area contributed by atoms with Crippen LogP contribution in [0.3, 0.4) is 0 Å². The fourth-order valence-electron chi connectivity index (χ4n) is 2.61. The minimum atomic E-state index is 0.717. The number of hydrogen-bond donors (Lipinski definition) is 2. The molecule has 7 nitrogen and oxygen atoms in total. The van der Waals surface area contributed by atoms with Gasteiger partial charge < -0.3 is 5.32 Å². The SMILES string of the molecule is CSc1n[nH]c2ncnc(Nc3cnn(Cc4ccc(C)cc4)c3)c12. The maximum absolute atomic E-state index is 4.42. The van der Waals surface area contributed by atoms with Crippen molar-refractivity contribution >= 4 is 34.3 Å². The molecule has 4 rings (SSSR count). The number of aryl methyl sites for hydroxylation is 1. The van der Waals surface area contributed by atoms with Crippen molar-refractivity contribution in [2.75, 3.05) is 11.6 Å². The Labute approximate surface area is 148 Å². The minimum absolute atomic E-state index is 0.717. The van der Waals surface area contributed by atoms with Crippen LogP contribution in [-0.2, 0) is 6.54 Å². The Bertz CT molecular complexity index is 1000. The third-order valence-corrected chi connectivity index (χ3v) is 4.56. The molecule has 25 heavy (non-hydrogen) atoms. The lowest BCUT2D eigenvalue weighted by atomic mass is 10.1. The number of rotatable bonds is 5. The number of nitrogens with one attached hydrogen (secondary N) is 2. The molecule has 0 saturated carbocycles. The Kier molecular flexibility index (Phi) is 4.10. The van der Waals surface area contributed by atoms with Crippen LogP contribution < -0.4 is 5.32 Å². The second kappa shape index (κ2) is 6.56. The highest BCUT2D eigenvalue weighted by Gasteiger charge is 2.12. The van der Waals surface area contributed by atoms with Gasteiger partial charge in [-0.1, -0.05) is 29.8 Å². The summed E-state index contributed by atoms with van der Waals surface area (Å²) in [6, 6.07) is 8.46. The average molecular weight is 351 g/mol. The number of hydrogen-bond acceptors (Lipinski definition) is 6. The quantitative estimate of drug-likeness (QED) is 0.536. The first kappa shape index (κ1) is 15.6. The summed E-state index contributed by atoms with van der Waals surface area (Å²) in [6.45, 7) is 2.81. The largest absolute Gasteiger partial charge is 0.337 e. The Morgan fingerprint density at radius 2 is 2.04 bits per heavy atom. The van der Waals surface area contributed by atoms with E-state index in [0.29, 0.717) is 5.65 Å². The summed E-state index contributed by atoms with van der Waals surface area (Å²) in [7, 11) is 0. The van der Waals surface area contributed by atoms with E-state index in [4.69, 9.17) is 0 Å². The van der Waals surface area contributed by atoms with Gasteiger partial charge in [0.25, 0.3) is 0 Å². The van der Waals surface area contributed by atoms with Gasteiger partial charge in [0, 0.05) is 6.20 Å². The predicted molar refractivity (Wildman–Crippen MR) is 99.3 cm³/mol. The molecule has 4 aromatic rings. The third kappa shape index (κ3) is 3.20. The Hall–Kier alpha value is -2.87. The van der Waals surface area contributed by atoms with Crippen molar-refractivity contribution in [3.63, 3.8) is 0 Å². The number of fused-ring (bicyclic) bond motifs is 1. The van der Waals surface area contributed by atoms with Crippen LogP contribution in [0.5, 0.6) is 0 Å². The molecule has 0 atom stereocenters. The fourth-order valence-corrected chi connectivity index (χ4v) is 3.14. The smallest absolute Gasteiger partial charge is 0.161 e. The molecule has 0 unspecified atom stereocenters. The molecule has 0 bridgehead atoms. The van der Waals surface area contributed by atoms with Gasteiger partial charge in [0.05, 0.1) is 23.8 Å². The molecule has 3 aromatic heterocycles. The zero-order chi connectivity index (χ0) is 17.2. The van der Waals surface area contributed by atoms with Crippen molar-refractivity contribution in [2.45, 2.75) is 18.5 Å². The Morgan fingerprint density at radius 1 is 1.20 bits per heavy atom. The summed E-state index contributed by atoms with van der Waals surface area (Å²) >= 11 is 1.55. The van der Waals surface area contributed by atoms with Crippen LogP contribution in [0.15, 0.2) is 48.0 Å². The van der Waals surface area contributed by atoms with Crippen LogP contribution in [-0.4, -0.2) is 36.2 Å². The molecule has 0 radical (unpaired) electrons. The van der Waals surface area contributed by atoms with Crippen molar-refractivity contribution in [2.24, 2.45) is 0 Å². The third-order valence-electron chi connectivity index (χ3n) is 3.88. The van der Waals surface area contributed by atoms with E-state index in [-0.39, 0.29) is 0 Å². The van der Waals surface area contributed by atoms with Gasteiger partial charge in [0.1, 0.15) is 17.2 Å². The Morgan fingerprint density at radius 3 is 2.84 bits per heavy atom. The van der Waals surface area contributed by atoms with Gasteiger partial charge in [-0.2, -0.15) is 10.2 Å². The first-order chi connectivity index (χ1) is 12.2. The molecular formula is C17H17N7S. The molecule has 0 saturated heterocycles. The molecule has 0 aliphatic heterocycles. The average Bonchev–Trinajstić information content (AvgIpc) is 3.24. The first-order valence-corrected chi connectivity index (χ1v) is 9.03. The number of anilines is 2. The molecule has 3 heterocycles. The zero-order valence-corrected chi connectivity index (χ0v) is 14.7. The molecule has 0 amide bonds. The molecule has 0 fully saturated rings. The van der Waals surface area contributed by atoms with E-state index >= 15 is 0 Å². The Balaban J connectivity index is 1.57. The van der Waals surface area contributed by atoms with E-state index in [9.17, 15) is 0 Å². The molecule has 0 aliphatic rings. The molecular weight excluding hydrogens is 334 g/mol. The zero-order valence-electron chi connectivity index (χ0n) is 13.9. The normalized spacial score (nSPS) is 11.1.